The molecule has 1 aromatic heterocycles. The van der Waals surface area contributed by atoms with Crippen molar-refractivity contribution in [2.45, 2.75) is 19.3 Å². The Labute approximate surface area is 99.5 Å². The second-order valence-corrected chi connectivity index (χ2v) is 4.32. The van der Waals surface area contributed by atoms with Crippen LogP contribution in [0.2, 0.25) is 5.02 Å². The molecule has 1 aromatic rings. The van der Waals surface area contributed by atoms with E-state index in [9.17, 15) is 4.79 Å². The lowest BCUT2D eigenvalue weighted by Crippen LogP contribution is -2.15. The zero-order valence-corrected chi connectivity index (χ0v) is 9.57. The number of aromatic nitrogens is 1. The number of amides is 1. The van der Waals surface area contributed by atoms with Crippen LogP contribution in [-0.4, -0.2) is 10.9 Å². The van der Waals surface area contributed by atoms with E-state index >= 15 is 0 Å². The summed E-state index contributed by atoms with van der Waals surface area (Å²) in [4.78, 5) is 15.6. The van der Waals surface area contributed by atoms with Crippen LogP contribution in [0, 0.1) is 5.92 Å². The summed E-state index contributed by atoms with van der Waals surface area (Å²) >= 11 is 5.70. The maximum absolute atomic E-state index is 11.6. The minimum atomic E-state index is 0.00590. The molecule has 84 valence electrons. The van der Waals surface area contributed by atoms with Gasteiger partial charge in [-0.25, -0.2) is 4.98 Å². The first-order valence-electron chi connectivity index (χ1n) is 5.32. The van der Waals surface area contributed by atoms with Crippen molar-refractivity contribution in [3.63, 3.8) is 0 Å². The summed E-state index contributed by atoms with van der Waals surface area (Å²) < 4.78 is 0. The lowest BCUT2D eigenvalue weighted by Gasteiger charge is -2.07. The van der Waals surface area contributed by atoms with Crippen molar-refractivity contribution in [1.82, 2.24) is 4.98 Å². The molecular weight excluding hydrogens is 224 g/mol. The van der Waals surface area contributed by atoms with Crippen molar-refractivity contribution >= 4 is 23.3 Å². The number of carbonyl (C=O) groups is 1. The number of halogens is 1. The van der Waals surface area contributed by atoms with Crippen LogP contribution in [0.25, 0.3) is 0 Å². The first-order valence-corrected chi connectivity index (χ1v) is 5.70. The molecule has 1 amide bonds. The van der Waals surface area contributed by atoms with Crippen LogP contribution in [-0.2, 0) is 4.79 Å². The van der Waals surface area contributed by atoms with E-state index in [-0.39, 0.29) is 5.91 Å². The molecule has 1 aliphatic carbocycles. The zero-order chi connectivity index (χ0) is 11.4. The van der Waals surface area contributed by atoms with Crippen LogP contribution >= 0.6 is 11.6 Å². The number of nitrogens with zero attached hydrogens (tertiary/aromatic N) is 1. The first kappa shape index (κ1) is 11.1. The van der Waals surface area contributed by atoms with Gasteiger partial charge in [0.1, 0.15) is 5.82 Å². The van der Waals surface area contributed by atoms with Gasteiger partial charge >= 0.3 is 0 Å². The molecule has 1 aliphatic rings. The van der Waals surface area contributed by atoms with E-state index in [0.717, 1.165) is 12.8 Å². The molecule has 1 unspecified atom stereocenters. The summed E-state index contributed by atoms with van der Waals surface area (Å²) in [5.41, 5.74) is 0. The fraction of sp³-hybridized carbons (Fsp3) is 0.333. The smallest absolute Gasteiger partial charge is 0.226 e. The number of anilines is 1. The Hall–Kier alpha value is -1.35. The van der Waals surface area contributed by atoms with E-state index in [0.29, 0.717) is 23.2 Å². The van der Waals surface area contributed by atoms with Crippen LogP contribution in [0.15, 0.2) is 30.5 Å². The Kier molecular flexibility index (Phi) is 3.57. The third-order valence-electron chi connectivity index (χ3n) is 2.55. The quantitative estimate of drug-likeness (QED) is 0.820. The van der Waals surface area contributed by atoms with Gasteiger partial charge in [-0.2, -0.15) is 0 Å². The highest BCUT2D eigenvalue weighted by atomic mass is 35.5. The third-order valence-corrected chi connectivity index (χ3v) is 2.78. The first-order chi connectivity index (χ1) is 7.74. The molecule has 3 nitrogen and oxygen atoms in total. The van der Waals surface area contributed by atoms with Crippen molar-refractivity contribution in [3.8, 4) is 0 Å². The Bertz CT molecular complexity index is 400. The number of hydrogen-bond acceptors (Lipinski definition) is 2. The van der Waals surface area contributed by atoms with Gasteiger partial charge in [-0.15, -0.1) is 0 Å². The molecule has 0 spiro atoms. The number of nitrogens with one attached hydrogen (secondary N) is 1. The molecule has 0 bridgehead atoms. The lowest BCUT2D eigenvalue weighted by atomic mass is 10.1. The summed E-state index contributed by atoms with van der Waals surface area (Å²) in [6.45, 7) is 0. The standard InChI is InChI=1S/C12H13ClN2O/c13-10-5-6-11(14-8-10)15-12(16)7-9-3-1-2-4-9/h1,3,5-6,8-9H,2,4,7H2,(H,14,15,16). The highest BCUT2D eigenvalue weighted by Crippen LogP contribution is 2.20. The third kappa shape index (κ3) is 3.07. The van der Waals surface area contributed by atoms with E-state index in [1.807, 2.05) is 0 Å². The van der Waals surface area contributed by atoms with Crippen molar-refractivity contribution in [2.75, 3.05) is 5.32 Å². The Morgan fingerprint density at radius 1 is 1.56 bits per heavy atom. The van der Waals surface area contributed by atoms with Gasteiger partial charge in [0, 0.05) is 12.6 Å². The number of allylic oxidation sites excluding steroid dienone is 2. The average molecular weight is 237 g/mol. The molecule has 4 heteroatoms. The van der Waals surface area contributed by atoms with Crippen molar-refractivity contribution < 1.29 is 4.79 Å². The van der Waals surface area contributed by atoms with Gasteiger partial charge in [0.05, 0.1) is 5.02 Å². The minimum absolute atomic E-state index is 0.00590. The van der Waals surface area contributed by atoms with Crippen LogP contribution < -0.4 is 5.32 Å². The van der Waals surface area contributed by atoms with Gasteiger partial charge in [-0.3, -0.25) is 4.79 Å². The van der Waals surface area contributed by atoms with Gasteiger partial charge in [0.15, 0.2) is 0 Å². The largest absolute Gasteiger partial charge is 0.311 e. The van der Waals surface area contributed by atoms with Crippen LogP contribution in [0.5, 0.6) is 0 Å². The Balaban J connectivity index is 1.86. The van der Waals surface area contributed by atoms with Crippen LogP contribution in [0.3, 0.4) is 0 Å². The second kappa shape index (κ2) is 5.12. The molecule has 0 fully saturated rings. The van der Waals surface area contributed by atoms with Gasteiger partial charge in [0.2, 0.25) is 5.91 Å². The summed E-state index contributed by atoms with van der Waals surface area (Å²) in [6, 6.07) is 3.41. The predicted molar refractivity (Wildman–Crippen MR) is 64.4 cm³/mol. The molecule has 0 aliphatic heterocycles. The molecule has 1 N–H and O–H groups in total. The molecule has 2 rings (SSSR count). The number of pyridine rings is 1. The number of hydrogen-bond donors (Lipinski definition) is 1. The van der Waals surface area contributed by atoms with Gasteiger partial charge in [-0.05, 0) is 30.9 Å². The normalized spacial score (nSPS) is 18.7. The molecule has 0 radical (unpaired) electrons. The summed E-state index contributed by atoms with van der Waals surface area (Å²) in [6.07, 6.45) is 8.43. The fourth-order valence-electron chi connectivity index (χ4n) is 1.75. The highest BCUT2D eigenvalue weighted by Gasteiger charge is 2.14. The fourth-order valence-corrected chi connectivity index (χ4v) is 1.86. The molecule has 0 saturated carbocycles. The molecule has 16 heavy (non-hydrogen) atoms. The lowest BCUT2D eigenvalue weighted by molar-refractivity contribution is -0.116. The van der Waals surface area contributed by atoms with Crippen LogP contribution in [0.4, 0.5) is 5.82 Å². The summed E-state index contributed by atoms with van der Waals surface area (Å²) in [5.74, 6) is 0.940. The van der Waals surface area contributed by atoms with Crippen molar-refractivity contribution in [2.24, 2.45) is 5.92 Å². The van der Waals surface area contributed by atoms with E-state index < -0.39 is 0 Å². The van der Waals surface area contributed by atoms with Crippen molar-refractivity contribution in [1.29, 1.82) is 0 Å². The van der Waals surface area contributed by atoms with Crippen molar-refractivity contribution in [3.05, 3.63) is 35.5 Å². The van der Waals surface area contributed by atoms with E-state index in [1.165, 1.54) is 6.20 Å². The number of carbonyl (C=O) groups excluding carboxylic acids is 1. The number of rotatable bonds is 3. The SMILES string of the molecule is O=C(CC1C=CCC1)Nc1ccc(Cl)cn1. The molecule has 0 saturated heterocycles. The summed E-state index contributed by atoms with van der Waals surface area (Å²) in [5, 5.41) is 3.32. The maximum atomic E-state index is 11.6. The molecular formula is C12H13ClN2O. The topological polar surface area (TPSA) is 42.0 Å². The van der Waals surface area contributed by atoms with Crippen LogP contribution in [0.1, 0.15) is 19.3 Å². The Morgan fingerprint density at radius 3 is 3.06 bits per heavy atom. The Morgan fingerprint density at radius 2 is 2.44 bits per heavy atom. The minimum Gasteiger partial charge on any atom is -0.311 e. The van der Waals surface area contributed by atoms with Gasteiger partial charge in [-0.1, -0.05) is 23.8 Å². The van der Waals surface area contributed by atoms with Gasteiger partial charge in [0.25, 0.3) is 0 Å². The predicted octanol–water partition coefficient (Wildman–Crippen LogP) is 3.03. The zero-order valence-electron chi connectivity index (χ0n) is 8.82. The van der Waals surface area contributed by atoms with E-state index in [4.69, 9.17) is 11.6 Å². The highest BCUT2D eigenvalue weighted by molar-refractivity contribution is 6.30. The second-order valence-electron chi connectivity index (χ2n) is 3.88. The molecule has 1 atom stereocenters. The van der Waals surface area contributed by atoms with Gasteiger partial charge < -0.3 is 5.32 Å². The average Bonchev–Trinajstić information content (AvgIpc) is 2.74. The van der Waals surface area contributed by atoms with E-state index in [2.05, 4.69) is 22.5 Å². The maximum Gasteiger partial charge on any atom is 0.226 e. The molecule has 0 aromatic carbocycles. The molecule has 1 heterocycles. The summed E-state index contributed by atoms with van der Waals surface area (Å²) in [7, 11) is 0. The monoisotopic (exact) mass is 236 g/mol. The van der Waals surface area contributed by atoms with E-state index in [1.54, 1.807) is 12.1 Å².